The molecule has 0 aliphatic rings. The van der Waals surface area contributed by atoms with Gasteiger partial charge in [-0.2, -0.15) is 0 Å². The summed E-state index contributed by atoms with van der Waals surface area (Å²) in [5, 5.41) is 2.67. The van der Waals surface area contributed by atoms with E-state index in [0.29, 0.717) is 13.0 Å². The minimum atomic E-state index is 0.0163. The summed E-state index contributed by atoms with van der Waals surface area (Å²) in [4.78, 5) is 14.7. The van der Waals surface area contributed by atoms with Gasteiger partial charge >= 0.3 is 0 Å². The highest BCUT2D eigenvalue weighted by Crippen LogP contribution is 1.83. The van der Waals surface area contributed by atoms with E-state index in [1.165, 1.54) is 0 Å². The van der Waals surface area contributed by atoms with E-state index in [1.54, 1.807) is 24.6 Å². The van der Waals surface area contributed by atoms with Gasteiger partial charge in [-0.15, -0.1) is 0 Å². The Hall–Kier alpha value is -1.38. The van der Waals surface area contributed by atoms with Crippen LogP contribution in [0.25, 0.3) is 0 Å². The smallest absolute Gasteiger partial charge is 0.223 e. The minimum Gasteiger partial charge on any atom is -0.356 e. The highest BCUT2D eigenvalue weighted by atomic mass is 16.1. The van der Waals surface area contributed by atoms with Crippen LogP contribution in [0.5, 0.6) is 0 Å². The summed E-state index contributed by atoms with van der Waals surface area (Å²) in [6, 6.07) is 0. The topological polar surface area (TPSA) is 41.5 Å². The van der Waals surface area contributed by atoms with Crippen molar-refractivity contribution in [1.82, 2.24) is 5.32 Å². The van der Waals surface area contributed by atoms with E-state index in [1.807, 2.05) is 6.92 Å². The maximum atomic E-state index is 10.8. The number of allylic oxidation sites excluding steroid dienone is 1. The summed E-state index contributed by atoms with van der Waals surface area (Å²) in [5.74, 6) is 0.0163. The zero-order valence-electron chi connectivity index (χ0n) is 7.29. The number of amides is 1. The van der Waals surface area contributed by atoms with Gasteiger partial charge in [-0.25, -0.2) is 0 Å². The molecule has 66 valence electrons. The number of carbonyl (C=O) groups is 1. The van der Waals surface area contributed by atoms with Crippen LogP contribution < -0.4 is 5.32 Å². The molecule has 0 heterocycles. The molecule has 0 aromatic carbocycles. The molecule has 1 amide bonds. The molecule has 0 unspecified atom stereocenters. The molecule has 0 radical (unpaired) electrons. The summed E-state index contributed by atoms with van der Waals surface area (Å²) >= 11 is 0. The van der Waals surface area contributed by atoms with E-state index in [2.05, 4.69) is 16.9 Å². The highest BCUT2D eigenvalue weighted by Gasteiger charge is 1.91. The first kappa shape index (κ1) is 10.6. The number of rotatable bonds is 5. The van der Waals surface area contributed by atoms with Crippen molar-refractivity contribution in [3.05, 3.63) is 24.9 Å². The Morgan fingerprint density at radius 2 is 2.42 bits per heavy atom. The van der Waals surface area contributed by atoms with Gasteiger partial charge in [0.25, 0.3) is 0 Å². The second-order valence-corrected chi connectivity index (χ2v) is 2.08. The predicted molar refractivity (Wildman–Crippen MR) is 51.1 cm³/mol. The summed E-state index contributed by atoms with van der Waals surface area (Å²) in [6.07, 6.45) is 6.80. The first-order valence-corrected chi connectivity index (χ1v) is 3.87. The second kappa shape index (κ2) is 7.72. The fourth-order valence-corrected chi connectivity index (χ4v) is 0.600. The molecular weight excluding hydrogens is 152 g/mol. The highest BCUT2D eigenvalue weighted by molar-refractivity contribution is 5.77. The van der Waals surface area contributed by atoms with Crippen LogP contribution in [-0.4, -0.2) is 18.7 Å². The average Bonchev–Trinajstić information content (AvgIpc) is 2.05. The molecule has 12 heavy (non-hydrogen) atoms. The molecule has 0 saturated heterocycles. The minimum absolute atomic E-state index is 0.0163. The molecule has 0 saturated carbocycles. The lowest BCUT2D eigenvalue weighted by molar-refractivity contribution is -0.120. The maximum absolute atomic E-state index is 10.8. The molecule has 0 aromatic heterocycles. The van der Waals surface area contributed by atoms with Crippen LogP contribution in [0.15, 0.2) is 29.9 Å². The fraction of sp³-hybridized carbons (Fsp3) is 0.333. The van der Waals surface area contributed by atoms with Crippen molar-refractivity contribution in [2.45, 2.75) is 13.3 Å². The van der Waals surface area contributed by atoms with Gasteiger partial charge in [0.2, 0.25) is 5.91 Å². The predicted octanol–water partition coefficient (Wildman–Crippen LogP) is 1.28. The zero-order chi connectivity index (χ0) is 9.23. The van der Waals surface area contributed by atoms with E-state index in [-0.39, 0.29) is 5.91 Å². The van der Waals surface area contributed by atoms with Crippen LogP contribution in [0.3, 0.4) is 0 Å². The standard InChI is InChI=1S/C9H14N2O/c1-3-7-10-8-5-6-9(12)11-4-2/h3,5,7-8H,1,4,6H2,2H3,(H,11,12). The number of hydrogen-bond acceptors (Lipinski definition) is 2. The second-order valence-electron chi connectivity index (χ2n) is 2.08. The van der Waals surface area contributed by atoms with Crippen LogP contribution in [0.2, 0.25) is 0 Å². The summed E-state index contributed by atoms with van der Waals surface area (Å²) < 4.78 is 0. The van der Waals surface area contributed by atoms with Gasteiger partial charge < -0.3 is 5.32 Å². The van der Waals surface area contributed by atoms with Crippen molar-refractivity contribution in [3.8, 4) is 0 Å². The number of nitrogens with zero attached hydrogens (tertiary/aromatic N) is 1. The first-order chi connectivity index (χ1) is 5.81. The zero-order valence-corrected chi connectivity index (χ0v) is 7.29. The summed E-state index contributed by atoms with van der Waals surface area (Å²) in [5.41, 5.74) is 0. The Morgan fingerprint density at radius 1 is 1.67 bits per heavy atom. The molecule has 0 aliphatic carbocycles. The van der Waals surface area contributed by atoms with Crippen LogP contribution in [0.1, 0.15) is 13.3 Å². The van der Waals surface area contributed by atoms with Gasteiger partial charge in [-0.3, -0.25) is 9.79 Å². The third-order valence-corrected chi connectivity index (χ3v) is 1.06. The monoisotopic (exact) mass is 166 g/mol. The molecule has 0 rings (SSSR count). The SMILES string of the molecule is C=CC=NC=CCC(=O)NCC. The summed E-state index contributed by atoms with van der Waals surface area (Å²) in [7, 11) is 0. The fourth-order valence-electron chi connectivity index (χ4n) is 0.600. The third-order valence-electron chi connectivity index (χ3n) is 1.06. The average molecular weight is 166 g/mol. The van der Waals surface area contributed by atoms with Gasteiger partial charge in [0.1, 0.15) is 0 Å². The number of hydrogen-bond donors (Lipinski definition) is 1. The van der Waals surface area contributed by atoms with Gasteiger partial charge in [0.15, 0.2) is 0 Å². The number of carbonyl (C=O) groups excluding carboxylic acids is 1. The van der Waals surface area contributed by atoms with E-state index in [4.69, 9.17) is 0 Å². The molecule has 3 heteroatoms. The van der Waals surface area contributed by atoms with Gasteiger partial charge in [0.05, 0.1) is 0 Å². The lowest BCUT2D eigenvalue weighted by atomic mass is 10.4. The first-order valence-electron chi connectivity index (χ1n) is 3.87. The molecule has 0 fully saturated rings. The molecule has 0 atom stereocenters. The van der Waals surface area contributed by atoms with Crippen LogP contribution in [0.4, 0.5) is 0 Å². The number of aliphatic imine (C=N–C) groups is 1. The van der Waals surface area contributed by atoms with Crippen LogP contribution in [0, 0.1) is 0 Å². The molecule has 3 nitrogen and oxygen atoms in total. The molecule has 1 N–H and O–H groups in total. The van der Waals surface area contributed by atoms with E-state index in [9.17, 15) is 4.79 Å². The molecule has 0 spiro atoms. The van der Waals surface area contributed by atoms with Crippen molar-refractivity contribution >= 4 is 12.1 Å². The van der Waals surface area contributed by atoms with Crippen LogP contribution in [-0.2, 0) is 4.79 Å². The third kappa shape index (κ3) is 6.74. The lowest BCUT2D eigenvalue weighted by Gasteiger charge is -1.95. The maximum Gasteiger partial charge on any atom is 0.223 e. The molecule has 0 aromatic rings. The van der Waals surface area contributed by atoms with E-state index >= 15 is 0 Å². The van der Waals surface area contributed by atoms with Crippen molar-refractivity contribution < 1.29 is 4.79 Å². The van der Waals surface area contributed by atoms with Crippen molar-refractivity contribution in [2.24, 2.45) is 4.99 Å². The normalized spacial score (nSPS) is 10.8. The molecule has 0 bridgehead atoms. The Morgan fingerprint density at radius 3 is 3.00 bits per heavy atom. The van der Waals surface area contributed by atoms with E-state index in [0.717, 1.165) is 0 Å². The van der Waals surface area contributed by atoms with Gasteiger partial charge in [-0.1, -0.05) is 18.7 Å². The Bertz CT molecular complexity index is 195. The Kier molecular flexibility index (Phi) is 6.84. The van der Waals surface area contributed by atoms with Crippen molar-refractivity contribution in [2.75, 3.05) is 6.54 Å². The quantitative estimate of drug-likeness (QED) is 0.614. The van der Waals surface area contributed by atoms with Gasteiger partial charge in [-0.05, 0) is 6.92 Å². The van der Waals surface area contributed by atoms with Crippen molar-refractivity contribution in [1.29, 1.82) is 0 Å². The van der Waals surface area contributed by atoms with Gasteiger partial charge in [0, 0.05) is 25.4 Å². The number of nitrogens with one attached hydrogen (secondary N) is 1. The lowest BCUT2D eigenvalue weighted by Crippen LogP contribution is -2.21. The largest absolute Gasteiger partial charge is 0.356 e. The van der Waals surface area contributed by atoms with Crippen LogP contribution >= 0.6 is 0 Å². The Labute approximate surface area is 72.9 Å². The molecular formula is C9H14N2O. The summed E-state index contributed by atoms with van der Waals surface area (Å²) in [6.45, 7) is 6.02. The molecule has 0 aliphatic heterocycles. The van der Waals surface area contributed by atoms with E-state index < -0.39 is 0 Å². The van der Waals surface area contributed by atoms with Crippen molar-refractivity contribution in [3.63, 3.8) is 0 Å². The Balaban J connectivity index is 3.52.